The van der Waals surface area contributed by atoms with Gasteiger partial charge in [-0.25, -0.2) is 0 Å². The summed E-state index contributed by atoms with van der Waals surface area (Å²) in [6.45, 7) is 9.16. The number of para-hydroxylation sites is 1. The smallest absolute Gasteiger partial charge is 0.0541 e. The van der Waals surface area contributed by atoms with E-state index in [0.717, 1.165) is 24.2 Å². The van der Waals surface area contributed by atoms with E-state index in [1.165, 1.54) is 66.6 Å². The fourth-order valence-electron chi connectivity index (χ4n) is 7.44. The Balaban J connectivity index is 1.26. The van der Waals surface area contributed by atoms with Crippen molar-refractivity contribution in [1.29, 1.82) is 0 Å². The maximum Gasteiger partial charge on any atom is 0.0541 e. The Bertz CT molecular complexity index is 2140. The highest BCUT2D eigenvalue weighted by Gasteiger charge is 2.35. The van der Waals surface area contributed by atoms with Gasteiger partial charge in [0.2, 0.25) is 0 Å². The molecule has 0 fully saturated rings. The lowest BCUT2D eigenvalue weighted by Gasteiger charge is -2.28. The quantitative estimate of drug-likeness (QED) is 0.189. The lowest BCUT2D eigenvalue weighted by molar-refractivity contribution is 0.660. The summed E-state index contributed by atoms with van der Waals surface area (Å²) in [4.78, 5) is 2.38. The van der Waals surface area contributed by atoms with Crippen LogP contribution in [0.25, 0.3) is 38.6 Å². The highest BCUT2D eigenvalue weighted by Crippen LogP contribution is 2.50. The van der Waals surface area contributed by atoms with Gasteiger partial charge in [-0.15, -0.1) is 0 Å². The zero-order valence-electron chi connectivity index (χ0n) is 26.5. The Kier molecular flexibility index (Phi) is 6.42. The molecule has 2 nitrogen and oxygen atoms in total. The third kappa shape index (κ3) is 4.31. The van der Waals surface area contributed by atoms with Crippen molar-refractivity contribution in [1.82, 2.24) is 4.57 Å². The van der Waals surface area contributed by atoms with Gasteiger partial charge in [-0.3, -0.25) is 0 Å². The number of rotatable bonds is 6. The molecule has 0 aliphatic heterocycles. The number of aromatic nitrogens is 1. The maximum atomic E-state index is 2.43. The van der Waals surface area contributed by atoms with Crippen LogP contribution in [0.1, 0.15) is 49.9 Å². The Morgan fingerprint density at radius 2 is 1.07 bits per heavy atom. The van der Waals surface area contributed by atoms with Gasteiger partial charge in [0, 0.05) is 38.9 Å². The fourth-order valence-corrected chi connectivity index (χ4v) is 7.44. The van der Waals surface area contributed by atoms with Gasteiger partial charge < -0.3 is 9.47 Å². The van der Waals surface area contributed by atoms with Gasteiger partial charge in [0.15, 0.2) is 0 Å². The molecule has 220 valence electrons. The van der Waals surface area contributed by atoms with Crippen LogP contribution in [0.3, 0.4) is 0 Å². The van der Waals surface area contributed by atoms with E-state index < -0.39 is 0 Å². The molecule has 2 heteroatoms. The molecule has 0 unspecified atom stereocenters. The van der Waals surface area contributed by atoms with E-state index in [4.69, 9.17) is 0 Å². The summed E-state index contributed by atoms with van der Waals surface area (Å²) in [7, 11) is 0. The van der Waals surface area contributed by atoms with Crippen LogP contribution in [0, 0.1) is 0 Å². The van der Waals surface area contributed by atoms with Crippen molar-refractivity contribution in [3.05, 3.63) is 156 Å². The van der Waals surface area contributed by atoms with Crippen LogP contribution in [0.5, 0.6) is 0 Å². The van der Waals surface area contributed by atoms with E-state index >= 15 is 0 Å². The number of hydrogen-bond acceptors (Lipinski definition) is 1. The minimum atomic E-state index is -0.0556. The van der Waals surface area contributed by atoms with Gasteiger partial charge in [0.1, 0.15) is 0 Å². The molecular formula is C43H38N2. The van der Waals surface area contributed by atoms with E-state index in [2.05, 4.69) is 171 Å². The van der Waals surface area contributed by atoms with Gasteiger partial charge in [0.25, 0.3) is 0 Å². The van der Waals surface area contributed by atoms with Crippen LogP contribution in [0.15, 0.2) is 133 Å². The van der Waals surface area contributed by atoms with Crippen LogP contribution in [0.4, 0.5) is 17.1 Å². The molecule has 45 heavy (non-hydrogen) atoms. The minimum absolute atomic E-state index is 0.0556. The van der Waals surface area contributed by atoms with E-state index in [1.54, 1.807) is 0 Å². The second-order valence-electron chi connectivity index (χ2n) is 12.8. The summed E-state index contributed by atoms with van der Waals surface area (Å²) >= 11 is 0. The molecule has 0 N–H and O–H groups in total. The SMILES string of the molecule is CCc1ccc2c(c1)c1cc(CC)ccc1n2-c1ccc(N(c2ccccc2)c2ccc3c(c2)C(C)(C)c2ccccc2-3)cc1. The lowest BCUT2D eigenvalue weighted by Crippen LogP contribution is -2.16. The summed E-state index contributed by atoms with van der Waals surface area (Å²) in [6, 6.07) is 49.6. The van der Waals surface area contributed by atoms with Crippen LogP contribution in [0.2, 0.25) is 0 Å². The zero-order chi connectivity index (χ0) is 30.7. The Morgan fingerprint density at radius 3 is 1.71 bits per heavy atom. The minimum Gasteiger partial charge on any atom is -0.310 e. The number of benzene rings is 6. The topological polar surface area (TPSA) is 8.17 Å². The third-order valence-corrected chi connectivity index (χ3v) is 9.92. The molecule has 0 bridgehead atoms. The van der Waals surface area contributed by atoms with Crippen LogP contribution >= 0.6 is 0 Å². The highest BCUT2D eigenvalue weighted by atomic mass is 15.1. The average Bonchev–Trinajstić information content (AvgIpc) is 3.53. The Labute approximate surface area is 266 Å². The average molecular weight is 583 g/mol. The monoisotopic (exact) mass is 582 g/mol. The van der Waals surface area contributed by atoms with Gasteiger partial charge in [-0.05, 0) is 119 Å². The number of anilines is 3. The van der Waals surface area contributed by atoms with Crippen molar-refractivity contribution in [2.75, 3.05) is 4.90 Å². The number of fused-ring (bicyclic) bond motifs is 6. The fraction of sp³-hybridized carbons (Fsp3) is 0.163. The number of nitrogens with zero attached hydrogens (tertiary/aromatic N) is 2. The second kappa shape index (κ2) is 10.5. The van der Waals surface area contributed by atoms with Gasteiger partial charge in [0.05, 0.1) is 11.0 Å². The van der Waals surface area contributed by atoms with Crippen LogP contribution in [-0.4, -0.2) is 4.57 Å². The van der Waals surface area contributed by atoms with Crippen molar-refractivity contribution >= 4 is 38.9 Å². The molecule has 0 radical (unpaired) electrons. The van der Waals surface area contributed by atoms with E-state index in [0.29, 0.717) is 0 Å². The van der Waals surface area contributed by atoms with E-state index in [-0.39, 0.29) is 5.41 Å². The summed E-state index contributed by atoms with van der Waals surface area (Å²) in [6.07, 6.45) is 2.07. The molecule has 1 heterocycles. The van der Waals surface area contributed by atoms with Gasteiger partial charge in [-0.1, -0.05) is 88.4 Å². The molecule has 0 saturated carbocycles. The van der Waals surface area contributed by atoms with E-state index in [9.17, 15) is 0 Å². The number of aryl methyl sites for hydroxylation is 2. The first-order valence-corrected chi connectivity index (χ1v) is 16.2. The zero-order valence-corrected chi connectivity index (χ0v) is 26.5. The predicted octanol–water partition coefficient (Wildman–Crippen LogP) is 11.7. The molecule has 0 atom stereocenters. The standard InChI is InChI=1S/C43H38N2/c1-5-29-16-24-41-37(26-29)38-27-30(6-2)17-25-42(38)45(41)33-20-18-32(19-21-33)44(31-12-8-7-9-13-31)34-22-23-36-35-14-10-11-15-39(35)43(3,4)40(36)28-34/h7-28H,5-6H2,1-4H3. The van der Waals surface area contributed by atoms with Gasteiger partial charge in [-0.2, -0.15) is 0 Å². The number of hydrogen-bond donors (Lipinski definition) is 0. The molecule has 0 amide bonds. The Hall–Kier alpha value is -5.08. The molecule has 0 spiro atoms. The molecule has 1 aromatic heterocycles. The largest absolute Gasteiger partial charge is 0.310 e. The second-order valence-corrected chi connectivity index (χ2v) is 12.8. The van der Waals surface area contributed by atoms with Crippen molar-refractivity contribution in [2.45, 2.75) is 46.0 Å². The molecular weight excluding hydrogens is 544 g/mol. The highest BCUT2D eigenvalue weighted by molar-refractivity contribution is 6.09. The summed E-state index contributed by atoms with van der Waals surface area (Å²) in [5.41, 5.74) is 15.3. The molecule has 6 aromatic carbocycles. The first-order chi connectivity index (χ1) is 22.0. The van der Waals surface area contributed by atoms with Crippen molar-refractivity contribution < 1.29 is 0 Å². The van der Waals surface area contributed by atoms with Crippen LogP contribution in [-0.2, 0) is 18.3 Å². The normalized spacial score (nSPS) is 13.2. The molecule has 7 aromatic rings. The van der Waals surface area contributed by atoms with Crippen LogP contribution < -0.4 is 4.90 Å². The third-order valence-electron chi connectivity index (χ3n) is 9.92. The van der Waals surface area contributed by atoms with E-state index in [1.807, 2.05) is 0 Å². The van der Waals surface area contributed by atoms with Gasteiger partial charge >= 0.3 is 0 Å². The predicted molar refractivity (Wildman–Crippen MR) is 192 cm³/mol. The molecule has 1 aliphatic carbocycles. The first kappa shape index (κ1) is 27.5. The molecule has 8 rings (SSSR count). The summed E-state index contributed by atoms with van der Waals surface area (Å²) < 4.78 is 2.43. The van der Waals surface area contributed by atoms with Crippen molar-refractivity contribution in [2.24, 2.45) is 0 Å². The molecule has 1 aliphatic rings. The maximum absolute atomic E-state index is 2.43. The molecule has 0 saturated heterocycles. The first-order valence-electron chi connectivity index (χ1n) is 16.2. The summed E-state index contributed by atoms with van der Waals surface area (Å²) in [5.74, 6) is 0. The Morgan fingerprint density at radius 1 is 0.511 bits per heavy atom. The summed E-state index contributed by atoms with van der Waals surface area (Å²) in [5, 5.41) is 2.66. The lowest BCUT2D eigenvalue weighted by atomic mass is 9.82. The van der Waals surface area contributed by atoms with Crippen molar-refractivity contribution in [3.63, 3.8) is 0 Å². The van der Waals surface area contributed by atoms with Crippen molar-refractivity contribution in [3.8, 4) is 16.8 Å².